The summed E-state index contributed by atoms with van der Waals surface area (Å²) in [4.78, 5) is 7.82. The molecule has 2 heterocycles. The summed E-state index contributed by atoms with van der Waals surface area (Å²) in [5, 5.41) is 13.2. The van der Waals surface area contributed by atoms with E-state index < -0.39 is 6.17 Å². The minimum atomic E-state index is -0.434. The number of hydrogen-bond acceptors (Lipinski definition) is 6. The first-order valence-corrected chi connectivity index (χ1v) is 7.69. The second-order valence-electron chi connectivity index (χ2n) is 5.65. The van der Waals surface area contributed by atoms with Crippen LogP contribution in [0.1, 0.15) is 11.7 Å². The van der Waals surface area contributed by atoms with Crippen LogP contribution in [0, 0.1) is 0 Å². The van der Waals surface area contributed by atoms with Crippen molar-refractivity contribution in [1.82, 2.24) is 4.98 Å². The predicted molar refractivity (Wildman–Crippen MR) is 93.1 cm³/mol. The summed E-state index contributed by atoms with van der Waals surface area (Å²) >= 11 is 0. The topological polar surface area (TPSA) is 109 Å². The molecule has 4 rings (SSSR count). The third kappa shape index (κ3) is 2.30. The van der Waals surface area contributed by atoms with Crippen molar-refractivity contribution in [3.8, 4) is 17.2 Å². The van der Waals surface area contributed by atoms with Gasteiger partial charge in [0, 0.05) is 5.56 Å². The Morgan fingerprint density at radius 1 is 1.16 bits per heavy atom. The molecule has 25 heavy (non-hydrogen) atoms. The van der Waals surface area contributed by atoms with Gasteiger partial charge in [0.1, 0.15) is 11.0 Å². The van der Waals surface area contributed by atoms with Crippen LogP contribution in [0.3, 0.4) is 0 Å². The van der Waals surface area contributed by atoms with E-state index in [1.165, 1.54) is 14.2 Å². The highest BCUT2D eigenvalue weighted by Crippen LogP contribution is 2.39. The van der Waals surface area contributed by atoms with E-state index in [-0.39, 0.29) is 5.75 Å². The standard InChI is InChI=1S/C17H17N5O3/c1-24-12-7-9(8-13(25-2)14(12)23)15-20-16(18)21-17-19-10-5-3-4-6-11(10)22(15)17/h3-8,15H,1-2H3,(H4,18,19,20,21,23)/p+1/t15-/m0/s1. The maximum Gasteiger partial charge on any atom is 0.365 e. The van der Waals surface area contributed by atoms with Crippen LogP contribution >= 0.6 is 0 Å². The van der Waals surface area contributed by atoms with E-state index >= 15 is 0 Å². The van der Waals surface area contributed by atoms with Crippen molar-refractivity contribution in [1.29, 1.82) is 0 Å². The van der Waals surface area contributed by atoms with E-state index in [1.807, 2.05) is 28.8 Å². The maximum absolute atomic E-state index is 10.2. The predicted octanol–water partition coefficient (Wildman–Crippen LogP) is 1.47. The molecule has 1 aromatic heterocycles. The molecule has 0 saturated heterocycles. The number of nitrogens with two attached hydrogens (primary N) is 1. The summed E-state index contributed by atoms with van der Waals surface area (Å²) < 4.78 is 12.5. The number of aromatic amines is 1. The average molecular weight is 340 g/mol. The van der Waals surface area contributed by atoms with Crippen LogP contribution in [0.25, 0.3) is 11.0 Å². The molecule has 0 amide bonds. The molecule has 128 valence electrons. The lowest BCUT2D eigenvalue weighted by atomic mass is 10.1. The quantitative estimate of drug-likeness (QED) is 0.540. The van der Waals surface area contributed by atoms with Gasteiger partial charge in [-0.25, -0.2) is 14.9 Å². The Bertz CT molecular complexity index is 970. The summed E-state index contributed by atoms with van der Waals surface area (Å²) in [6, 6.07) is 11.3. The van der Waals surface area contributed by atoms with E-state index in [4.69, 9.17) is 15.2 Å². The number of rotatable bonds is 3. The number of hydrogen-bond donors (Lipinski definition) is 4. The minimum absolute atomic E-state index is 0.0520. The second kappa shape index (κ2) is 5.59. The Labute approximate surface area is 143 Å². The van der Waals surface area contributed by atoms with Crippen molar-refractivity contribution >= 4 is 22.9 Å². The first kappa shape index (κ1) is 15.1. The largest absolute Gasteiger partial charge is 0.502 e. The SMILES string of the molecule is COc1cc([C@H]2N=C(N)Nc3[nH]c4ccccc4[n+]32)cc(OC)c1O. The van der Waals surface area contributed by atoms with Gasteiger partial charge >= 0.3 is 5.95 Å². The van der Waals surface area contributed by atoms with Crippen molar-refractivity contribution in [2.75, 3.05) is 19.5 Å². The number of benzene rings is 2. The zero-order chi connectivity index (χ0) is 17.6. The van der Waals surface area contributed by atoms with Gasteiger partial charge in [0.05, 0.1) is 14.2 Å². The fourth-order valence-corrected chi connectivity index (χ4v) is 3.07. The number of ether oxygens (including phenoxy) is 2. The highest BCUT2D eigenvalue weighted by molar-refractivity contribution is 5.92. The fourth-order valence-electron chi connectivity index (χ4n) is 3.07. The number of H-pyrrole nitrogens is 1. The molecule has 1 aliphatic heterocycles. The molecule has 0 aliphatic carbocycles. The number of para-hydroxylation sites is 2. The molecule has 0 fully saturated rings. The summed E-state index contributed by atoms with van der Waals surface area (Å²) in [6.07, 6.45) is -0.434. The normalized spacial score (nSPS) is 16.1. The maximum atomic E-state index is 10.2. The van der Waals surface area contributed by atoms with Crippen molar-refractivity contribution in [2.24, 2.45) is 10.7 Å². The molecule has 8 nitrogen and oxygen atoms in total. The van der Waals surface area contributed by atoms with Crippen molar-refractivity contribution in [2.45, 2.75) is 6.17 Å². The molecule has 0 saturated carbocycles. The zero-order valence-electron chi connectivity index (χ0n) is 13.8. The van der Waals surface area contributed by atoms with Gasteiger partial charge in [0.25, 0.3) is 5.96 Å². The Hall–Kier alpha value is -3.42. The first-order valence-electron chi connectivity index (χ1n) is 7.69. The molecule has 0 unspecified atom stereocenters. The molecule has 1 atom stereocenters. The molecule has 8 heteroatoms. The number of nitrogens with one attached hydrogen (secondary N) is 2. The molecule has 5 N–H and O–H groups in total. The molecular formula is C17H18N5O3+. The minimum Gasteiger partial charge on any atom is -0.502 e. The Balaban J connectivity index is 1.95. The number of guanidine groups is 1. The molecule has 3 aromatic rings. The fraction of sp³-hybridized carbons (Fsp3) is 0.176. The average Bonchev–Trinajstić information content (AvgIpc) is 2.99. The molecule has 0 bridgehead atoms. The van der Waals surface area contributed by atoms with Gasteiger partial charge in [-0.15, -0.1) is 0 Å². The third-order valence-electron chi connectivity index (χ3n) is 4.21. The number of imidazole rings is 1. The molecule has 1 aliphatic rings. The molecular weight excluding hydrogens is 322 g/mol. The Kier molecular flexibility index (Phi) is 3.38. The van der Waals surface area contributed by atoms with E-state index in [9.17, 15) is 5.11 Å². The van der Waals surface area contributed by atoms with Crippen molar-refractivity contribution in [3.05, 3.63) is 42.0 Å². The van der Waals surface area contributed by atoms with Gasteiger partial charge in [0.2, 0.25) is 11.9 Å². The molecule has 0 radical (unpaired) electrons. The Morgan fingerprint density at radius 3 is 2.52 bits per heavy atom. The lowest BCUT2D eigenvalue weighted by molar-refractivity contribution is -0.674. The first-order chi connectivity index (χ1) is 12.1. The van der Waals surface area contributed by atoms with Crippen LogP contribution in [0.4, 0.5) is 5.95 Å². The van der Waals surface area contributed by atoms with Gasteiger partial charge in [-0.3, -0.25) is 0 Å². The number of aromatic nitrogens is 2. The summed E-state index contributed by atoms with van der Waals surface area (Å²) in [7, 11) is 2.98. The molecule has 0 spiro atoms. The lowest BCUT2D eigenvalue weighted by Gasteiger charge is -2.19. The Morgan fingerprint density at radius 2 is 1.84 bits per heavy atom. The van der Waals surface area contributed by atoms with E-state index in [1.54, 1.807) is 12.1 Å². The van der Waals surface area contributed by atoms with Crippen LogP contribution in [-0.2, 0) is 0 Å². The van der Waals surface area contributed by atoms with Crippen molar-refractivity contribution in [3.63, 3.8) is 0 Å². The van der Waals surface area contributed by atoms with Gasteiger partial charge < -0.3 is 20.3 Å². The van der Waals surface area contributed by atoms with E-state index in [0.29, 0.717) is 17.5 Å². The second-order valence-corrected chi connectivity index (χ2v) is 5.65. The van der Waals surface area contributed by atoms with Crippen LogP contribution < -0.4 is 25.1 Å². The number of fused-ring (bicyclic) bond motifs is 3. The van der Waals surface area contributed by atoms with Gasteiger partial charge in [-0.1, -0.05) is 12.1 Å². The van der Waals surface area contributed by atoms with Crippen molar-refractivity contribution < 1.29 is 19.1 Å². The number of methoxy groups -OCH3 is 2. The highest BCUT2D eigenvalue weighted by Gasteiger charge is 2.32. The van der Waals surface area contributed by atoms with Crippen LogP contribution in [-0.4, -0.2) is 30.3 Å². The lowest BCUT2D eigenvalue weighted by Crippen LogP contribution is -2.48. The number of anilines is 1. The number of aliphatic imine (C=N–C) groups is 1. The van der Waals surface area contributed by atoms with Gasteiger partial charge in [0.15, 0.2) is 11.5 Å². The van der Waals surface area contributed by atoms with Gasteiger partial charge in [-0.2, -0.15) is 4.99 Å². The van der Waals surface area contributed by atoms with E-state index in [2.05, 4.69) is 15.3 Å². The molecule has 2 aromatic carbocycles. The number of nitrogens with zero attached hydrogens (tertiary/aromatic N) is 2. The van der Waals surface area contributed by atoms with Crippen LogP contribution in [0.15, 0.2) is 41.4 Å². The summed E-state index contributed by atoms with van der Waals surface area (Å²) in [5.74, 6) is 1.59. The number of phenolic OH excluding ortho intramolecular Hbond substituents is 1. The number of aromatic hydroxyl groups is 1. The monoisotopic (exact) mass is 340 g/mol. The summed E-state index contributed by atoms with van der Waals surface area (Å²) in [5.41, 5.74) is 8.66. The smallest absolute Gasteiger partial charge is 0.365 e. The van der Waals surface area contributed by atoms with Crippen LogP contribution in [0.2, 0.25) is 0 Å². The third-order valence-corrected chi connectivity index (χ3v) is 4.21. The van der Waals surface area contributed by atoms with E-state index in [0.717, 1.165) is 22.5 Å². The number of phenols is 1. The highest BCUT2D eigenvalue weighted by atomic mass is 16.5. The van der Waals surface area contributed by atoms with Crippen LogP contribution in [0.5, 0.6) is 17.2 Å². The van der Waals surface area contributed by atoms with Gasteiger partial charge in [-0.05, 0) is 24.3 Å². The zero-order valence-corrected chi connectivity index (χ0v) is 13.8. The summed E-state index contributed by atoms with van der Waals surface area (Å²) in [6.45, 7) is 0.